The molecule has 5 nitrogen and oxygen atoms in total. The lowest BCUT2D eigenvalue weighted by atomic mass is 9.97. The zero-order valence-electron chi connectivity index (χ0n) is 73.3. The number of aromatic nitrogens is 5. The maximum atomic E-state index is 7.93. The van der Waals surface area contributed by atoms with Crippen LogP contribution in [0.4, 0.5) is 0 Å². The Balaban J connectivity index is 0.000000143. The number of hydrogen-bond donors (Lipinski definition) is 0. The van der Waals surface area contributed by atoms with Gasteiger partial charge in [0, 0.05) is 98.3 Å². The van der Waals surface area contributed by atoms with Gasteiger partial charge < -0.3 is 0 Å². The Labute approximate surface area is 650 Å². The highest BCUT2D eigenvalue weighted by molar-refractivity contribution is 5.77. The van der Waals surface area contributed by atoms with Crippen molar-refractivity contribution in [3.05, 3.63) is 389 Å². The molecule has 0 saturated carbocycles. The molecule has 107 heavy (non-hydrogen) atoms. The van der Waals surface area contributed by atoms with Crippen molar-refractivity contribution in [3.63, 3.8) is 0 Å². The van der Waals surface area contributed by atoms with E-state index in [2.05, 4.69) is 315 Å². The molecule has 5 heterocycles. The maximum absolute atomic E-state index is 7.93. The molecule has 0 aliphatic heterocycles. The molecule has 0 aliphatic carbocycles. The van der Waals surface area contributed by atoms with E-state index in [1.807, 2.05) is 79.2 Å². The minimum Gasteiger partial charge on any atom is -0.201 e. The van der Waals surface area contributed by atoms with Gasteiger partial charge in [-0.05, 0) is 209 Å². The predicted octanol–water partition coefficient (Wildman–Crippen LogP) is 22.9. The monoisotopic (exact) mass is 1410 g/mol. The van der Waals surface area contributed by atoms with Gasteiger partial charge in [-0.1, -0.05) is 230 Å². The van der Waals surface area contributed by atoms with E-state index in [1.54, 1.807) is 48.3 Å². The first kappa shape index (κ1) is 64.5. The first-order valence-electron chi connectivity index (χ1n) is 41.0. The average Bonchev–Trinajstić information content (AvgIpc) is 0.751. The first-order valence-corrected chi connectivity index (χ1v) is 36.5. The van der Waals surface area contributed by atoms with Crippen molar-refractivity contribution < 1.29 is 35.2 Å². The van der Waals surface area contributed by atoms with Crippen molar-refractivity contribution in [1.29, 1.82) is 0 Å². The molecule has 15 rings (SSSR count). The van der Waals surface area contributed by atoms with Crippen LogP contribution < -0.4 is 22.8 Å². The Kier molecular flexibility index (Phi) is 21.2. The SMILES string of the molecule is Cc1c[n+](C)c(-c2ccccc2C)cc1-c1ccccc1.Cc1ccc(-c2cc(-c3ccccc3)c(C)c[n+]2C)c(C)c1.Cc1ccc(-c2ccc(-c3ccccc3)cc2C)[n+](C)c1.[2H]C([2H])([2H])c1ccc(-c2cc(-c3ccccc3)c(C([2H])([2H])[2H])c[n+]2C)c(C)c1.[2H]C([2H])([2H])c1ccc(-c2ccc(-c3ccccc3)cc2C)[n+](C)c1. The molecule has 0 fully saturated rings. The van der Waals surface area contributed by atoms with Gasteiger partial charge in [-0.25, -0.2) is 22.8 Å². The van der Waals surface area contributed by atoms with Crippen molar-refractivity contribution in [1.82, 2.24) is 0 Å². The van der Waals surface area contributed by atoms with Crippen LogP contribution in [0.2, 0.25) is 0 Å². The lowest BCUT2D eigenvalue weighted by Gasteiger charge is -2.10. The summed E-state index contributed by atoms with van der Waals surface area (Å²) in [5.74, 6) is 0. The normalized spacial score (nSPS) is 12.3. The van der Waals surface area contributed by atoms with Gasteiger partial charge in [-0.2, -0.15) is 0 Å². The average molecular weight is 1410 g/mol. The van der Waals surface area contributed by atoms with E-state index in [9.17, 15) is 0 Å². The van der Waals surface area contributed by atoms with Gasteiger partial charge in [-0.15, -0.1) is 0 Å². The molecule has 0 amide bonds. The lowest BCUT2D eigenvalue weighted by Crippen LogP contribution is -2.31. The number of pyridine rings is 5. The number of aryl methyl sites for hydroxylation is 17. The summed E-state index contributed by atoms with van der Waals surface area (Å²) < 4.78 is 79.5. The van der Waals surface area contributed by atoms with Crippen LogP contribution in [0.3, 0.4) is 0 Å². The topological polar surface area (TPSA) is 19.4 Å². The molecule has 0 radical (unpaired) electrons. The molecule has 0 saturated heterocycles. The van der Waals surface area contributed by atoms with Gasteiger partial charge in [0.25, 0.3) is 0 Å². The fraction of sp³-hybridized carbons (Fsp3) is 0.167. The molecule has 10 aromatic carbocycles. The summed E-state index contributed by atoms with van der Waals surface area (Å²) in [7, 11) is 10.0. The van der Waals surface area contributed by atoms with Crippen LogP contribution in [0.1, 0.15) is 79.1 Å². The summed E-state index contributed by atoms with van der Waals surface area (Å²) in [6, 6.07) is 99.1. The standard InChI is InChI=1S/2C21H22N.3C20H20N/c2*1-15-10-11-19(16(2)12-15)21-13-20(17(3)14-22(21)4)18-8-6-5-7-9-18;1-15-9-7-8-12-18(15)20-13-19(16(2)14-21(20)3)17-10-5-4-6-11-17;2*1-15-9-12-20(21(3)14-15)19-11-10-18(13-16(19)2)17-7-5-4-6-8-17/h2*5-14H,1-4H3;3*4-14H,1-3H3/q5*+1/i1D3,3D3;;;1D3;. The third-order valence-electron chi connectivity index (χ3n) is 19.7. The second kappa shape index (κ2) is 35.2. The Hall–Kier alpha value is -12.1. The molecule has 5 aromatic heterocycles. The van der Waals surface area contributed by atoms with Gasteiger partial charge in [-0.3, -0.25) is 0 Å². The summed E-state index contributed by atoms with van der Waals surface area (Å²) in [6.45, 7) is 12.6. The second-order valence-corrected chi connectivity index (χ2v) is 28.0. The fourth-order valence-electron chi connectivity index (χ4n) is 14.1. The minimum absolute atomic E-state index is 0.279. The van der Waals surface area contributed by atoms with Gasteiger partial charge in [0.2, 0.25) is 28.5 Å². The van der Waals surface area contributed by atoms with E-state index >= 15 is 0 Å². The largest absolute Gasteiger partial charge is 0.213 e. The highest BCUT2D eigenvalue weighted by Gasteiger charge is 2.21. The maximum Gasteiger partial charge on any atom is 0.213 e. The molecule has 0 N–H and O–H groups in total. The molecule has 15 aromatic rings. The molecule has 0 atom stereocenters. The summed E-state index contributed by atoms with van der Waals surface area (Å²) in [6.07, 6.45) is 9.93. The van der Waals surface area contributed by atoms with E-state index in [-0.39, 0.29) is 5.56 Å². The van der Waals surface area contributed by atoms with Crippen LogP contribution >= 0.6 is 0 Å². The van der Waals surface area contributed by atoms with Crippen LogP contribution in [-0.4, -0.2) is 0 Å². The van der Waals surface area contributed by atoms with Crippen LogP contribution in [0.5, 0.6) is 0 Å². The van der Waals surface area contributed by atoms with Crippen molar-refractivity contribution in [2.24, 2.45) is 35.2 Å². The van der Waals surface area contributed by atoms with Crippen molar-refractivity contribution >= 4 is 0 Å². The first-order chi connectivity index (χ1) is 55.2. The summed E-state index contributed by atoms with van der Waals surface area (Å²) in [5.41, 5.74) is 34.9. The van der Waals surface area contributed by atoms with E-state index in [0.717, 1.165) is 39.2 Å². The summed E-state index contributed by atoms with van der Waals surface area (Å²) in [5, 5.41) is 0. The third kappa shape index (κ3) is 18.9. The Morgan fingerprint density at radius 1 is 0.178 bits per heavy atom. The third-order valence-corrected chi connectivity index (χ3v) is 19.7. The van der Waals surface area contributed by atoms with Gasteiger partial charge in [0.05, 0.1) is 0 Å². The molecule has 5 heteroatoms. The van der Waals surface area contributed by atoms with Gasteiger partial charge in [0.15, 0.2) is 31.0 Å². The van der Waals surface area contributed by atoms with Crippen molar-refractivity contribution in [2.75, 3.05) is 0 Å². The molecule has 0 spiro atoms. The Morgan fingerprint density at radius 2 is 0.477 bits per heavy atom. The van der Waals surface area contributed by atoms with E-state index < -0.39 is 20.6 Å². The highest BCUT2D eigenvalue weighted by Crippen LogP contribution is 2.34. The van der Waals surface area contributed by atoms with Gasteiger partial charge in [0.1, 0.15) is 35.2 Å². The highest BCUT2D eigenvalue weighted by atomic mass is 14.9. The van der Waals surface area contributed by atoms with Crippen LogP contribution in [0.15, 0.2) is 322 Å². The zero-order valence-corrected chi connectivity index (χ0v) is 64.3. The summed E-state index contributed by atoms with van der Waals surface area (Å²) in [4.78, 5) is 0. The Morgan fingerprint density at radius 3 is 0.860 bits per heavy atom. The molecule has 0 unspecified atom stereocenters. The number of benzene rings is 10. The number of rotatable bonds is 10. The lowest BCUT2D eigenvalue weighted by molar-refractivity contribution is -0.660. The second-order valence-electron chi connectivity index (χ2n) is 28.0. The smallest absolute Gasteiger partial charge is 0.201 e. The van der Waals surface area contributed by atoms with Crippen LogP contribution in [0, 0.1) is 82.9 Å². The predicted molar refractivity (Wildman–Crippen MR) is 449 cm³/mol. The number of hydrogen-bond acceptors (Lipinski definition) is 0. The van der Waals surface area contributed by atoms with Gasteiger partial charge >= 0.3 is 0 Å². The van der Waals surface area contributed by atoms with E-state index in [0.29, 0.717) is 16.7 Å². The Bertz CT molecular complexity index is 5940. The quantitative estimate of drug-likeness (QED) is 0.122. The fourth-order valence-corrected chi connectivity index (χ4v) is 14.1. The molecule has 532 valence electrons. The van der Waals surface area contributed by atoms with E-state index in [4.69, 9.17) is 12.3 Å². The minimum atomic E-state index is -2.25. The van der Waals surface area contributed by atoms with E-state index in [1.165, 1.54) is 117 Å². The molecular weight excluding hydrogens is 1300 g/mol. The van der Waals surface area contributed by atoms with Crippen LogP contribution in [0.25, 0.3) is 112 Å². The molecule has 0 aliphatic rings. The molecular formula is C102H104N5+5. The van der Waals surface area contributed by atoms with Crippen molar-refractivity contribution in [3.8, 4) is 112 Å². The zero-order chi connectivity index (χ0) is 83.3. The number of nitrogens with zero attached hydrogens (tertiary/aromatic N) is 5. The molecule has 0 bridgehead atoms. The van der Waals surface area contributed by atoms with Crippen molar-refractivity contribution in [2.45, 2.75) is 82.9 Å². The summed E-state index contributed by atoms with van der Waals surface area (Å²) >= 11 is 0. The van der Waals surface area contributed by atoms with Crippen LogP contribution in [-0.2, 0) is 35.2 Å².